The van der Waals surface area contributed by atoms with Crippen molar-refractivity contribution in [1.82, 2.24) is 15.2 Å². The van der Waals surface area contributed by atoms with E-state index in [0.29, 0.717) is 56.6 Å². The summed E-state index contributed by atoms with van der Waals surface area (Å²) in [6, 6.07) is 15.4. The zero-order chi connectivity index (χ0) is 34.9. The largest absolute Gasteiger partial charge is 0.388 e. The summed E-state index contributed by atoms with van der Waals surface area (Å²) in [6.45, 7) is 6.99. The summed E-state index contributed by atoms with van der Waals surface area (Å²) in [5.41, 5.74) is 19.0. The summed E-state index contributed by atoms with van der Waals surface area (Å²) in [4.78, 5) is 27.5. The molecule has 7 N–H and O–H groups in total. The van der Waals surface area contributed by atoms with Crippen LogP contribution in [-0.4, -0.2) is 68.9 Å². The highest BCUT2D eigenvalue weighted by Gasteiger charge is 2.21. The molecule has 0 spiro atoms. The topological polar surface area (TPSA) is 155 Å². The van der Waals surface area contributed by atoms with Gasteiger partial charge in [0.1, 0.15) is 11.7 Å². The molecule has 2 unspecified atom stereocenters. The van der Waals surface area contributed by atoms with Gasteiger partial charge in [-0.05, 0) is 76.8 Å². The zero-order valence-electron chi connectivity index (χ0n) is 28.7. The van der Waals surface area contributed by atoms with E-state index >= 15 is 0 Å². The third kappa shape index (κ3) is 8.79. The summed E-state index contributed by atoms with van der Waals surface area (Å²) < 4.78 is 18.7. The molecule has 3 aliphatic rings. The number of nitrogens with one attached hydrogen (secondary N) is 3. The number of ether oxygens (including phenoxy) is 3. The lowest BCUT2D eigenvalue weighted by atomic mass is 9.95. The van der Waals surface area contributed by atoms with Crippen LogP contribution in [0.25, 0.3) is 16.7 Å². The van der Waals surface area contributed by atoms with Gasteiger partial charge in [-0.3, -0.25) is 9.59 Å². The first-order valence-corrected chi connectivity index (χ1v) is 17.5. The average Bonchev–Trinajstić information content (AvgIpc) is 3.15. The molecule has 2 atom stereocenters. The van der Waals surface area contributed by atoms with E-state index < -0.39 is 12.1 Å². The molecule has 264 valence electrons. The summed E-state index contributed by atoms with van der Waals surface area (Å²) >= 11 is 0. The van der Waals surface area contributed by atoms with E-state index in [4.69, 9.17) is 25.7 Å². The van der Waals surface area contributed by atoms with E-state index in [1.807, 2.05) is 77.8 Å². The number of allylic oxidation sites excluding steroid dienone is 1. The Morgan fingerprint density at radius 2 is 1.76 bits per heavy atom. The van der Waals surface area contributed by atoms with Crippen LogP contribution in [-0.2, 0) is 27.2 Å². The van der Waals surface area contributed by atoms with Crippen molar-refractivity contribution in [2.24, 2.45) is 17.4 Å². The molecule has 1 aromatic heterocycles. The number of amides is 1. The summed E-state index contributed by atoms with van der Waals surface area (Å²) in [5, 5.41) is 9.49. The minimum Gasteiger partial charge on any atom is -0.388 e. The number of carbonyl (C=O) groups excluding carboxylic acids is 1. The number of nitrogens with two attached hydrogens (primary N) is 2. The Kier molecular flexibility index (Phi) is 12.0. The van der Waals surface area contributed by atoms with Crippen LogP contribution in [0.15, 0.2) is 95.3 Å². The van der Waals surface area contributed by atoms with Gasteiger partial charge >= 0.3 is 0 Å². The maximum absolute atomic E-state index is 13.8. The molecule has 6 rings (SSSR count). The normalized spacial score (nSPS) is 20.0. The van der Waals surface area contributed by atoms with Crippen molar-refractivity contribution in [3.63, 3.8) is 0 Å². The molecule has 11 heteroatoms. The van der Waals surface area contributed by atoms with Crippen LogP contribution in [0.5, 0.6) is 0 Å². The third-order valence-corrected chi connectivity index (χ3v) is 9.44. The lowest BCUT2D eigenvalue weighted by Gasteiger charge is -2.25. The lowest BCUT2D eigenvalue weighted by Crippen LogP contribution is -2.38. The maximum Gasteiger partial charge on any atom is 0.261 e. The van der Waals surface area contributed by atoms with Crippen LogP contribution in [0.4, 0.5) is 5.69 Å². The van der Waals surface area contributed by atoms with Gasteiger partial charge < -0.3 is 46.2 Å². The Bertz CT molecular complexity index is 1770. The van der Waals surface area contributed by atoms with Crippen molar-refractivity contribution in [2.75, 3.05) is 51.4 Å². The van der Waals surface area contributed by atoms with Crippen LogP contribution < -0.4 is 32.8 Å². The Hall–Kier alpha value is -4.52. The number of aryl methyl sites for hydroxylation is 1. The predicted molar refractivity (Wildman–Crippen MR) is 196 cm³/mol. The number of aromatic nitrogens is 1. The first-order valence-electron chi connectivity index (χ1n) is 17.5. The fourth-order valence-electron chi connectivity index (χ4n) is 6.44. The highest BCUT2D eigenvalue weighted by atomic mass is 16.6. The molecule has 3 aliphatic heterocycles. The number of benzene rings is 2. The summed E-state index contributed by atoms with van der Waals surface area (Å²) in [6.07, 6.45) is 11.7. The van der Waals surface area contributed by atoms with Gasteiger partial charge in [-0.25, -0.2) is 0 Å². The number of hydrogen-bond acceptors (Lipinski definition) is 9. The number of dihydropyridines is 1. The van der Waals surface area contributed by atoms with Crippen molar-refractivity contribution in [1.29, 1.82) is 0 Å². The number of anilines is 1. The van der Waals surface area contributed by atoms with Crippen molar-refractivity contribution in [3.05, 3.63) is 117 Å². The molecule has 4 heterocycles. The second-order valence-corrected chi connectivity index (χ2v) is 12.9. The van der Waals surface area contributed by atoms with Gasteiger partial charge in [0.05, 0.1) is 25.9 Å². The zero-order valence-corrected chi connectivity index (χ0v) is 28.7. The van der Waals surface area contributed by atoms with E-state index in [1.165, 1.54) is 5.56 Å². The molecule has 11 nitrogen and oxygen atoms in total. The van der Waals surface area contributed by atoms with Gasteiger partial charge in [0.2, 0.25) is 5.43 Å². The van der Waals surface area contributed by atoms with Gasteiger partial charge in [-0.1, -0.05) is 43.3 Å². The van der Waals surface area contributed by atoms with E-state index in [-0.39, 0.29) is 17.1 Å². The molecular weight excluding hydrogens is 632 g/mol. The van der Waals surface area contributed by atoms with Gasteiger partial charge in [0.15, 0.2) is 0 Å². The minimum atomic E-state index is -0.452. The molecule has 2 aromatic carbocycles. The summed E-state index contributed by atoms with van der Waals surface area (Å²) in [7, 11) is 0. The van der Waals surface area contributed by atoms with Gasteiger partial charge in [0.25, 0.3) is 5.91 Å². The average molecular weight is 681 g/mol. The fourth-order valence-corrected chi connectivity index (χ4v) is 6.44. The van der Waals surface area contributed by atoms with E-state index in [1.54, 1.807) is 6.20 Å². The first kappa shape index (κ1) is 35.3. The van der Waals surface area contributed by atoms with Crippen LogP contribution in [0.1, 0.15) is 41.3 Å². The van der Waals surface area contributed by atoms with Crippen LogP contribution >= 0.6 is 0 Å². The number of rotatable bonds is 12. The maximum atomic E-state index is 13.8. The third-order valence-electron chi connectivity index (χ3n) is 9.44. The van der Waals surface area contributed by atoms with Crippen molar-refractivity contribution < 1.29 is 19.0 Å². The molecule has 0 saturated carbocycles. The van der Waals surface area contributed by atoms with Gasteiger partial charge in [-0.15, -0.1) is 0 Å². The molecule has 0 aliphatic carbocycles. The Labute approximate surface area is 293 Å². The highest BCUT2D eigenvalue weighted by Crippen LogP contribution is 2.26. The number of carbonyl (C=O) groups is 1. The number of hydrogen-bond donors (Lipinski definition) is 5. The Balaban J connectivity index is 1.19. The first-order chi connectivity index (χ1) is 24.4. The smallest absolute Gasteiger partial charge is 0.261 e. The fraction of sp³-hybridized carbons (Fsp3) is 0.385. The number of nitrogens with zero attached hydrogens (tertiary/aromatic N) is 1. The summed E-state index contributed by atoms with van der Waals surface area (Å²) in [5.74, 6) is -0.0410. The van der Waals surface area contributed by atoms with Crippen LogP contribution in [0.3, 0.4) is 0 Å². The predicted octanol–water partition coefficient (Wildman–Crippen LogP) is 3.76. The molecule has 0 radical (unpaired) electrons. The molecular formula is C39H48N6O5. The molecule has 3 aromatic rings. The molecule has 1 amide bonds. The van der Waals surface area contributed by atoms with Crippen molar-refractivity contribution >= 4 is 17.2 Å². The molecule has 2 saturated heterocycles. The van der Waals surface area contributed by atoms with Crippen molar-refractivity contribution in [2.45, 2.75) is 45.0 Å². The Morgan fingerprint density at radius 1 is 1.00 bits per heavy atom. The molecule has 2 fully saturated rings. The van der Waals surface area contributed by atoms with Crippen LogP contribution in [0.2, 0.25) is 0 Å². The monoisotopic (exact) mass is 680 g/mol. The van der Waals surface area contributed by atoms with Gasteiger partial charge in [0, 0.05) is 68.9 Å². The molecule has 50 heavy (non-hydrogen) atoms. The SMILES string of the molecule is CCc1ccc(-c2cn(CC3CCOCC3)cc(C(=O)Nc3ccc(C4=CC(/C(=C/NCC5COCCO5)CN)=CNC4N)cc3)c2=O)cc1. The lowest BCUT2D eigenvalue weighted by molar-refractivity contribution is -0.0854. The van der Waals surface area contributed by atoms with Gasteiger partial charge in [-0.2, -0.15) is 0 Å². The second-order valence-electron chi connectivity index (χ2n) is 12.9. The number of pyridine rings is 1. The standard InChI is InChI=1S/C39H48N6O5/c1-2-26-3-5-29(6-4-26)35-23-45(22-27-11-13-48-14-12-27)24-36(37(35)46)39(47)44-32-9-7-28(8-10-32)34-17-30(20-43-38(34)41)31(18-40)19-42-21-33-25-49-15-16-50-33/h3-10,17,19-20,23-24,27,33,38,42-43H,2,11-16,18,21-22,25,40-41H2,1H3,(H,44,47)/b31-19+. The quantitative estimate of drug-likeness (QED) is 0.192. The molecule has 0 bridgehead atoms. The highest BCUT2D eigenvalue weighted by molar-refractivity contribution is 6.04. The van der Waals surface area contributed by atoms with E-state index in [9.17, 15) is 9.59 Å². The van der Waals surface area contributed by atoms with E-state index in [2.05, 4.69) is 22.9 Å². The van der Waals surface area contributed by atoms with E-state index in [0.717, 1.165) is 60.3 Å². The van der Waals surface area contributed by atoms with Crippen molar-refractivity contribution in [3.8, 4) is 11.1 Å². The second kappa shape index (κ2) is 16.9. The Morgan fingerprint density at radius 3 is 2.46 bits per heavy atom. The van der Waals surface area contributed by atoms with Crippen LogP contribution in [0, 0.1) is 5.92 Å². The minimum absolute atomic E-state index is 0.00368.